The average Bonchev–Trinajstić information content (AvgIpc) is 3.11. The molecule has 0 unspecified atom stereocenters. The van der Waals surface area contributed by atoms with E-state index in [0.717, 1.165) is 41.0 Å². The van der Waals surface area contributed by atoms with Crippen molar-refractivity contribution in [1.82, 2.24) is 9.78 Å². The molecule has 1 saturated carbocycles. The molecule has 1 fully saturated rings. The highest BCUT2D eigenvalue weighted by atomic mass is 35.5. The number of anilines is 1. The van der Waals surface area contributed by atoms with Crippen LogP contribution in [0.3, 0.4) is 0 Å². The summed E-state index contributed by atoms with van der Waals surface area (Å²) in [6.45, 7) is 1.97. The van der Waals surface area contributed by atoms with Gasteiger partial charge in [0.1, 0.15) is 5.82 Å². The molecule has 0 radical (unpaired) electrons. The van der Waals surface area contributed by atoms with Gasteiger partial charge in [0.05, 0.1) is 28.2 Å². The molecule has 156 valence electrons. The molecule has 4 rings (SSSR count). The quantitative estimate of drug-likeness (QED) is 0.470. The minimum absolute atomic E-state index is 0.0331. The van der Waals surface area contributed by atoms with Crippen molar-refractivity contribution in [2.24, 2.45) is 0 Å². The Labute approximate surface area is 187 Å². The maximum atomic E-state index is 12.7. The lowest BCUT2D eigenvalue weighted by Gasteiger charge is -2.24. The van der Waals surface area contributed by atoms with Crippen LogP contribution in [0.5, 0.6) is 0 Å². The summed E-state index contributed by atoms with van der Waals surface area (Å²) in [7, 11) is 0. The molecule has 2 aromatic carbocycles. The van der Waals surface area contributed by atoms with Gasteiger partial charge < -0.3 is 5.32 Å². The zero-order valence-electron chi connectivity index (χ0n) is 17.0. The number of hydrogen-bond donors (Lipinski definition) is 1. The molecule has 0 atom stereocenters. The van der Waals surface area contributed by atoms with Crippen molar-refractivity contribution in [2.75, 3.05) is 5.32 Å². The van der Waals surface area contributed by atoms with Gasteiger partial charge in [-0.3, -0.25) is 4.79 Å². The third kappa shape index (κ3) is 4.88. The molecule has 6 heteroatoms. The standard InChI is InChI=1S/C24H25Cl2N3O/c1-16-13-23(29(28-16)20-5-3-2-4-6-20)27-24(30)14-17-7-9-18(10-8-17)19-11-12-21(25)22(26)15-19/h7-13,15,20H,2-6,14H2,1H3,(H,27,30). The molecule has 4 nitrogen and oxygen atoms in total. The van der Waals surface area contributed by atoms with E-state index >= 15 is 0 Å². The number of benzene rings is 2. The summed E-state index contributed by atoms with van der Waals surface area (Å²) in [5.41, 5.74) is 3.91. The molecule has 1 aliphatic carbocycles. The third-order valence-electron chi connectivity index (χ3n) is 5.62. The monoisotopic (exact) mass is 441 g/mol. The van der Waals surface area contributed by atoms with Crippen LogP contribution >= 0.6 is 23.2 Å². The molecule has 0 saturated heterocycles. The van der Waals surface area contributed by atoms with Crippen molar-refractivity contribution < 1.29 is 4.79 Å². The Morgan fingerprint density at radius 1 is 1.00 bits per heavy atom. The van der Waals surface area contributed by atoms with E-state index in [1.165, 1.54) is 19.3 Å². The maximum Gasteiger partial charge on any atom is 0.229 e. The first-order valence-corrected chi connectivity index (χ1v) is 11.2. The van der Waals surface area contributed by atoms with Gasteiger partial charge in [0.2, 0.25) is 5.91 Å². The number of carbonyl (C=O) groups excluding carboxylic acids is 1. The van der Waals surface area contributed by atoms with E-state index in [-0.39, 0.29) is 5.91 Å². The van der Waals surface area contributed by atoms with Crippen LogP contribution in [0.25, 0.3) is 11.1 Å². The highest BCUT2D eigenvalue weighted by molar-refractivity contribution is 6.42. The third-order valence-corrected chi connectivity index (χ3v) is 6.36. The predicted molar refractivity (Wildman–Crippen MR) is 123 cm³/mol. The van der Waals surface area contributed by atoms with Crippen LogP contribution in [-0.2, 0) is 11.2 Å². The second-order valence-corrected chi connectivity index (χ2v) is 8.77. The Morgan fingerprint density at radius 2 is 1.70 bits per heavy atom. The number of nitrogens with zero attached hydrogens (tertiary/aromatic N) is 2. The van der Waals surface area contributed by atoms with E-state index < -0.39 is 0 Å². The van der Waals surface area contributed by atoms with E-state index in [1.807, 2.05) is 54.1 Å². The number of aryl methyl sites for hydroxylation is 1. The number of nitrogens with one attached hydrogen (secondary N) is 1. The fourth-order valence-corrected chi connectivity index (χ4v) is 4.38. The van der Waals surface area contributed by atoms with Gasteiger partial charge >= 0.3 is 0 Å². The van der Waals surface area contributed by atoms with Gasteiger partial charge in [-0.05, 0) is 48.6 Å². The Morgan fingerprint density at radius 3 is 2.40 bits per heavy atom. The van der Waals surface area contributed by atoms with Gasteiger partial charge in [0.25, 0.3) is 0 Å². The fourth-order valence-electron chi connectivity index (χ4n) is 4.08. The van der Waals surface area contributed by atoms with E-state index in [9.17, 15) is 4.79 Å². The summed E-state index contributed by atoms with van der Waals surface area (Å²) >= 11 is 12.1. The van der Waals surface area contributed by atoms with Crippen LogP contribution in [-0.4, -0.2) is 15.7 Å². The van der Waals surface area contributed by atoms with Gasteiger partial charge in [0.15, 0.2) is 0 Å². The van der Waals surface area contributed by atoms with Gasteiger partial charge in [-0.25, -0.2) is 4.68 Å². The topological polar surface area (TPSA) is 46.9 Å². The molecule has 1 aliphatic rings. The molecule has 1 amide bonds. The molecule has 0 bridgehead atoms. The number of amides is 1. The summed E-state index contributed by atoms with van der Waals surface area (Å²) in [5.74, 6) is 0.770. The Balaban J connectivity index is 1.43. The van der Waals surface area contributed by atoms with Gasteiger partial charge in [-0.1, -0.05) is 72.8 Å². The van der Waals surface area contributed by atoms with Gasteiger partial charge in [-0.2, -0.15) is 5.10 Å². The van der Waals surface area contributed by atoms with Crippen LogP contribution in [0.15, 0.2) is 48.5 Å². The minimum atomic E-state index is -0.0331. The van der Waals surface area contributed by atoms with Crippen LogP contribution in [0.2, 0.25) is 10.0 Å². The number of rotatable bonds is 5. The lowest BCUT2D eigenvalue weighted by atomic mass is 9.96. The van der Waals surface area contributed by atoms with Crippen molar-refractivity contribution in [3.05, 3.63) is 69.8 Å². The summed E-state index contributed by atoms with van der Waals surface area (Å²) in [6.07, 6.45) is 6.30. The molecule has 0 aliphatic heterocycles. The van der Waals surface area contributed by atoms with Crippen molar-refractivity contribution in [3.8, 4) is 11.1 Å². The lowest BCUT2D eigenvalue weighted by molar-refractivity contribution is -0.115. The first-order chi connectivity index (χ1) is 14.5. The SMILES string of the molecule is Cc1cc(NC(=O)Cc2ccc(-c3ccc(Cl)c(Cl)c3)cc2)n(C2CCCCC2)n1. The summed E-state index contributed by atoms with van der Waals surface area (Å²) in [5, 5.41) is 8.77. The lowest BCUT2D eigenvalue weighted by Crippen LogP contribution is -2.21. The van der Waals surface area contributed by atoms with E-state index in [4.69, 9.17) is 23.2 Å². The van der Waals surface area contributed by atoms with Crippen LogP contribution in [0.1, 0.15) is 49.4 Å². The molecule has 1 heterocycles. The second kappa shape index (κ2) is 9.23. The molecular weight excluding hydrogens is 417 g/mol. The number of halogens is 2. The van der Waals surface area contributed by atoms with Crippen molar-refractivity contribution >= 4 is 34.9 Å². The molecule has 30 heavy (non-hydrogen) atoms. The minimum Gasteiger partial charge on any atom is -0.311 e. The van der Waals surface area contributed by atoms with Crippen molar-refractivity contribution in [1.29, 1.82) is 0 Å². The molecule has 0 spiro atoms. The average molecular weight is 442 g/mol. The maximum absolute atomic E-state index is 12.7. The number of hydrogen-bond acceptors (Lipinski definition) is 2. The second-order valence-electron chi connectivity index (χ2n) is 7.96. The Hall–Kier alpha value is -2.30. The normalized spacial score (nSPS) is 14.6. The highest BCUT2D eigenvalue weighted by Crippen LogP contribution is 2.31. The van der Waals surface area contributed by atoms with Crippen LogP contribution in [0.4, 0.5) is 5.82 Å². The number of aromatic nitrogens is 2. The predicted octanol–water partition coefficient (Wildman–Crippen LogP) is 6.85. The fraction of sp³-hybridized carbons (Fsp3) is 0.333. The van der Waals surface area contributed by atoms with Gasteiger partial charge in [-0.15, -0.1) is 0 Å². The van der Waals surface area contributed by atoms with E-state index in [1.54, 1.807) is 6.07 Å². The zero-order valence-corrected chi connectivity index (χ0v) is 18.5. The zero-order chi connectivity index (χ0) is 21.1. The summed E-state index contributed by atoms with van der Waals surface area (Å²) in [6, 6.07) is 15.9. The summed E-state index contributed by atoms with van der Waals surface area (Å²) < 4.78 is 2.01. The van der Waals surface area contributed by atoms with Crippen LogP contribution in [0, 0.1) is 6.92 Å². The molecule has 1 N–H and O–H groups in total. The molecule has 1 aromatic heterocycles. The van der Waals surface area contributed by atoms with Crippen LogP contribution < -0.4 is 5.32 Å². The van der Waals surface area contributed by atoms with E-state index in [2.05, 4.69) is 10.4 Å². The first-order valence-electron chi connectivity index (χ1n) is 10.4. The smallest absolute Gasteiger partial charge is 0.229 e. The largest absolute Gasteiger partial charge is 0.311 e. The Kier molecular flexibility index (Phi) is 6.45. The highest BCUT2D eigenvalue weighted by Gasteiger charge is 2.20. The van der Waals surface area contributed by atoms with Gasteiger partial charge in [0, 0.05) is 6.07 Å². The molecule has 3 aromatic rings. The first kappa shape index (κ1) is 21.0. The van der Waals surface area contributed by atoms with E-state index in [0.29, 0.717) is 22.5 Å². The molecular formula is C24H25Cl2N3O. The van der Waals surface area contributed by atoms with Crippen molar-refractivity contribution in [3.63, 3.8) is 0 Å². The van der Waals surface area contributed by atoms with Crippen molar-refractivity contribution in [2.45, 2.75) is 51.5 Å². The summed E-state index contributed by atoms with van der Waals surface area (Å²) in [4.78, 5) is 12.7. The Bertz CT molecular complexity index is 1040. The number of carbonyl (C=O) groups is 1.